The molecule has 1 amide bonds. The largest absolute Gasteiger partial charge is 0.354 e. The summed E-state index contributed by atoms with van der Waals surface area (Å²) >= 11 is 0. The lowest BCUT2D eigenvalue weighted by molar-refractivity contribution is 0.0956. The monoisotopic (exact) mass is 388 g/mol. The number of rotatable bonds is 6. The number of anilines is 1. The molecule has 2 aromatic rings. The van der Waals surface area contributed by atoms with E-state index in [0.717, 1.165) is 11.4 Å². The Balaban J connectivity index is 1.47. The summed E-state index contributed by atoms with van der Waals surface area (Å²) in [6.07, 6.45) is 1.73. The van der Waals surface area contributed by atoms with Crippen LogP contribution < -0.4 is 10.2 Å². The van der Waals surface area contributed by atoms with Crippen molar-refractivity contribution in [2.45, 2.75) is 6.92 Å². The molecule has 7 nitrogen and oxygen atoms in total. The van der Waals surface area contributed by atoms with E-state index in [0.29, 0.717) is 31.7 Å². The number of aryl methyl sites for hydroxylation is 1. The molecule has 1 saturated heterocycles. The molecule has 1 N–H and O–H groups in total. The number of nitrogens with zero attached hydrogens (tertiary/aromatic N) is 3. The second-order valence-electron chi connectivity index (χ2n) is 6.51. The number of benzene rings is 1. The molecule has 0 aliphatic carbocycles. The summed E-state index contributed by atoms with van der Waals surface area (Å²) in [6, 6.07) is 12.9. The second-order valence-corrected chi connectivity index (χ2v) is 8.60. The van der Waals surface area contributed by atoms with Gasteiger partial charge in [-0.15, -0.1) is 0 Å². The van der Waals surface area contributed by atoms with Crippen LogP contribution >= 0.6 is 0 Å². The normalized spacial score (nSPS) is 15.5. The first-order valence-electron chi connectivity index (χ1n) is 8.94. The van der Waals surface area contributed by atoms with Gasteiger partial charge in [0.05, 0.1) is 5.75 Å². The van der Waals surface area contributed by atoms with Crippen molar-refractivity contribution in [3.63, 3.8) is 0 Å². The first-order valence-corrected chi connectivity index (χ1v) is 10.6. The molecule has 0 saturated carbocycles. The fourth-order valence-electron chi connectivity index (χ4n) is 2.97. The van der Waals surface area contributed by atoms with Gasteiger partial charge in [0.1, 0.15) is 5.82 Å². The van der Waals surface area contributed by atoms with Crippen molar-refractivity contribution in [2.24, 2.45) is 0 Å². The predicted molar refractivity (Wildman–Crippen MR) is 105 cm³/mol. The predicted octanol–water partition coefficient (Wildman–Crippen LogP) is 1.27. The van der Waals surface area contributed by atoms with E-state index >= 15 is 0 Å². The topological polar surface area (TPSA) is 82.6 Å². The average molecular weight is 388 g/mol. The van der Waals surface area contributed by atoms with Crippen LogP contribution in [0, 0.1) is 6.92 Å². The van der Waals surface area contributed by atoms with Gasteiger partial charge in [0, 0.05) is 44.5 Å². The molecule has 1 fully saturated rings. The Hall–Kier alpha value is -2.45. The maximum atomic E-state index is 12.5. The van der Waals surface area contributed by atoms with Gasteiger partial charge < -0.3 is 10.2 Å². The quantitative estimate of drug-likeness (QED) is 0.806. The number of hydrogen-bond acceptors (Lipinski definition) is 5. The van der Waals surface area contributed by atoms with Gasteiger partial charge in [-0.25, -0.2) is 13.4 Å². The Kier molecular flexibility index (Phi) is 6.08. The zero-order chi connectivity index (χ0) is 19.3. The van der Waals surface area contributed by atoms with Crippen LogP contribution in [0.5, 0.6) is 0 Å². The molecule has 0 unspecified atom stereocenters. The SMILES string of the molecule is Cc1ccc(C(=O)NCCS(=O)(=O)N2CCN(c3ccccn3)CC2)cc1. The fourth-order valence-corrected chi connectivity index (χ4v) is 4.30. The van der Waals surface area contributed by atoms with Crippen LogP contribution in [0.3, 0.4) is 0 Å². The molecule has 8 heteroatoms. The lowest BCUT2D eigenvalue weighted by Crippen LogP contribution is -2.50. The van der Waals surface area contributed by atoms with Gasteiger partial charge in [-0.3, -0.25) is 4.79 Å². The standard InChI is InChI=1S/C19H24N4O3S/c1-16-5-7-17(8-6-16)19(24)21-10-15-27(25,26)23-13-11-22(12-14-23)18-4-2-3-9-20-18/h2-9H,10-15H2,1H3,(H,21,24). The van der Waals surface area contributed by atoms with E-state index in [1.165, 1.54) is 4.31 Å². The molecule has 27 heavy (non-hydrogen) atoms. The minimum Gasteiger partial charge on any atom is -0.354 e. The van der Waals surface area contributed by atoms with Gasteiger partial charge in [0.15, 0.2) is 0 Å². The molecule has 1 aromatic heterocycles. The average Bonchev–Trinajstić information content (AvgIpc) is 2.69. The van der Waals surface area contributed by atoms with E-state index in [1.54, 1.807) is 18.3 Å². The number of nitrogens with one attached hydrogen (secondary N) is 1. The zero-order valence-corrected chi connectivity index (χ0v) is 16.2. The Morgan fingerprint density at radius 3 is 2.41 bits per heavy atom. The van der Waals surface area contributed by atoms with Crippen molar-refractivity contribution in [1.82, 2.24) is 14.6 Å². The summed E-state index contributed by atoms with van der Waals surface area (Å²) < 4.78 is 26.6. The summed E-state index contributed by atoms with van der Waals surface area (Å²) in [5.74, 6) is 0.499. The first kappa shape index (κ1) is 19.3. The Labute approximate surface area is 160 Å². The molecule has 0 atom stereocenters. The molecule has 3 rings (SSSR count). The third-order valence-corrected chi connectivity index (χ3v) is 6.44. The lowest BCUT2D eigenvalue weighted by Gasteiger charge is -2.34. The molecular formula is C19H24N4O3S. The van der Waals surface area contributed by atoms with E-state index in [-0.39, 0.29) is 18.2 Å². The second kappa shape index (κ2) is 8.49. The van der Waals surface area contributed by atoms with Crippen LogP contribution in [0.4, 0.5) is 5.82 Å². The highest BCUT2D eigenvalue weighted by molar-refractivity contribution is 7.89. The summed E-state index contributed by atoms with van der Waals surface area (Å²) in [4.78, 5) is 18.5. The van der Waals surface area contributed by atoms with Gasteiger partial charge in [0.25, 0.3) is 5.91 Å². The molecule has 0 spiro atoms. The van der Waals surface area contributed by atoms with Crippen LogP contribution in [0.15, 0.2) is 48.7 Å². The number of aromatic nitrogens is 1. The molecule has 0 radical (unpaired) electrons. The lowest BCUT2D eigenvalue weighted by atomic mass is 10.1. The smallest absolute Gasteiger partial charge is 0.251 e. The first-order chi connectivity index (χ1) is 13.0. The van der Waals surface area contributed by atoms with Crippen molar-refractivity contribution in [2.75, 3.05) is 43.4 Å². The highest BCUT2D eigenvalue weighted by Crippen LogP contribution is 2.14. The molecular weight excluding hydrogens is 364 g/mol. The number of carbonyl (C=O) groups is 1. The van der Waals surface area contributed by atoms with E-state index in [9.17, 15) is 13.2 Å². The van der Waals surface area contributed by atoms with Gasteiger partial charge in [-0.2, -0.15) is 4.31 Å². The Bertz CT molecular complexity index is 862. The van der Waals surface area contributed by atoms with Crippen LogP contribution in [-0.2, 0) is 10.0 Å². The summed E-state index contributed by atoms with van der Waals surface area (Å²) in [5.41, 5.74) is 1.60. The van der Waals surface area contributed by atoms with Crippen LogP contribution in [0.1, 0.15) is 15.9 Å². The molecule has 1 aromatic carbocycles. The highest BCUT2D eigenvalue weighted by atomic mass is 32.2. The van der Waals surface area contributed by atoms with Crippen molar-refractivity contribution >= 4 is 21.7 Å². The minimum absolute atomic E-state index is 0.0928. The third-order valence-electron chi connectivity index (χ3n) is 4.56. The Morgan fingerprint density at radius 1 is 1.07 bits per heavy atom. The van der Waals surface area contributed by atoms with Gasteiger partial charge in [-0.1, -0.05) is 23.8 Å². The Morgan fingerprint density at radius 2 is 1.78 bits per heavy atom. The van der Waals surface area contributed by atoms with Crippen LogP contribution in [0.2, 0.25) is 0 Å². The van der Waals surface area contributed by atoms with Crippen molar-refractivity contribution in [3.8, 4) is 0 Å². The number of hydrogen-bond donors (Lipinski definition) is 1. The molecule has 2 heterocycles. The molecule has 0 bridgehead atoms. The van der Waals surface area contributed by atoms with Crippen molar-refractivity contribution < 1.29 is 13.2 Å². The molecule has 1 aliphatic heterocycles. The van der Waals surface area contributed by atoms with Crippen LogP contribution in [-0.4, -0.2) is 62.1 Å². The number of amides is 1. The van der Waals surface area contributed by atoms with Crippen molar-refractivity contribution in [1.29, 1.82) is 0 Å². The van der Waals surface area contributed by atoms with Gasteiger partial charge >= 0.3 is 0 Å². The zero-order valence-electron chi connectivity index (χ0n) is 15.3. The minimum atomic E-state index is -3.40. The maximum absolute atomic E-state index is 12.5. The van der Waals surface area contributed by atoms with Crippen LogP contribution in [0.25, 0.3) is 0 Å². The van der Waals surface area contributed by atoms with Gasteiger partial charge in [0.2, 0.25) is 10.0 Å². The van der Waals surface area contributed by atoms with Crippen molar-refractivity contribution in [3.05, 3.63) is 59.8 Å². The number of carbonyl (C=O) groups excluding carboxylic acids is 1. The number of sulfonamides is 1. The summed E-state index contributed by atoms with van der Waals surface area (Å²) in [5, 5.41) is 2.68. The van der Waals surface area contributed by atoms with E-state index in [1.807, 2.05) is 37.3 Å². The summed E-state index contributed by atoms with van der Waals surface area (Å²) in [6.45, 7) is 4.09. The maximum Gasteiger partial charge on any atom is 0.251 e. The number of pyridine rings is 1. The fraction of sp³-hybridized carbons (Fsp3) is 0.368. The van der Waals surface area contributed by atoms with Gasteiger partial charge in [-0.05, 0) is 31.2 Å². The third kappa shape index (κ3) is 5.05. The summed E-state index contributed by atoms with van der Waals surface area (Å²) in [7, 11) is -3.40. The number of piperazine rings is 1. The molecule has 1 aliphatic rings. The van der Waals surface area contributed by atoms with E-state index in [4.69, 9.17) is 0 Å². The van der Waals surface area contributed by atoms with E-state index in [2.05, 4.69) is 15.2 Å². The molecule has 144 valence electrons. The highest BCUT2D eigenvalue weighted by Gasteiger charge is 2.27. The van der Waals surface area contributed by atoms with E-state index < -0.39 is 10.0 Å².